The minimum Gasteiger partial charge on any atom is -0.340 e. The molecule has 0 saturated heterocycles. The van der Waals surface area contributed by atoms with Crippen molar-refractivity contribution in [3.63, 3.8) is 0 Å². The fraction of sp³-hybridized carbons (Fsp3) is 0.571. The Balaban J connectivity index is 0. The van der Waals surface area contributed by atoms with E-state index in [1.807, 2.05) is 0 Å². The highest BCUT2D eigenvalue weighted by atomic mass is 31.2. The Morgan fingerprint density at radius 1 is 0.893 bits per heavy atom. The van der Waals surface area contributed by atoms with E-state index < -0.39 is 15.6 Å². The zero-order chi connectivity index (χ0) is 22.4. The van der Waals surface area contributed by atoms with Gasteiger partial charge in [-0.25, -0.2) is 9.13 Å². The largest absolute Gasteiger partial charge is 0.474 e. The van der Waals surface area contributed by atoms with Gasteiger partial charge in [0.05, 0.1) is 13.2 Å². The Labute approximate surface area is 164 Å². The maximum atomic E-state index is 11.4. The molecule has 28 heavy (non-hydrogen) atoms. The summed E-state index contributed by atoms with van der Waals surface area (Å²) in [6.45, 7) is 6.83. The second kappa shape index (κ2) is 14.6. The molecule has 0 saturated carbocycles. The van der Waals surface area contributed by atoms with E-state index in [1.165, 1.54) is 37.1 Å². The fourth-order valence-corrected chi connectivity index (χ4v) is 2.28. The molecule has 0 heterocycles. The van der Waals surface area contributed by atoms with Crippen LogP contribution in [0.15, 0.2) is 25.3 Å². The summed E-state index contributed by atoms with van der Waals surface area (Å²) in [5.41, 5.74) is 0. The third-order valence-electron chi connectivity index (χ3n) is 2.91. The number of rotatable bonds is 12. The Morgan fingerprint density at radius 3 is 1.54 bits per heavy atom. The van der Waals surface area contributed by atoms with Crippen LogP contribution >= 0.6 is 15.6 Å². The van der Waals surface area contributed by atoms with Crippen molar-refractivity contribution >= 4 is 27.5 Å². The van der Waals surface area contributed by atoms with Gasteiger partial charge in [0.1, 0.15) is 0 Å². The van der Waals surface area contributed by atoms with Gasteiger partial charge in [-0.2, -0.15) is 0 Å². The number of phosphoric acid groups is 2. The first kappa shape index (κ1) is 28.8. The van der Waals surface area contributed by atoms with Crippen LogP contribution in [0, 0.1) is 0 Å². The summed E-state index contributed by atoms with van der Waals surface area (Å²) < 4.78 is 39.7. The van der Waals surface area contributed by atoms with Crippen molar-refractivity contribution in [3.8, 4) is 0 Å². The zero-order valence-electron chi connectivity index (χ0n) is 16.3. The Hall–Kier alpha value is -1.36. The molecule has 0 bridgehead atoms. The number of carbonyl (C=O) groups excluding carboxylic acids is 2. The highest BCUT2D eigenvalue weighted by molar-refractivity contribution is 7.48. The zero-order valence-corrected chi connectivity index (χ0v) is 18.1. The van der Waals surface area contributed by atoms with Gasteiger partial charge in [0.25, 0.3) is 0 Å². The third-order valence-corrected chi connectivity index (χ3v) is 4.82. The van der Waals surface area contributed by atoms with Crippen molar-refractivity contribution in [2.75, 3.05) is 54.6 Å². The summed E-state index contributed by atoms with van der Waals surface area (Å²) in [6.07, 6.45) is 2.30. The predicted octanol–water partition coefficient (Wildman–Crippen LogP) is 0.788. The van der Waals surface area contributed by atoms with Gasteiger partial charge in [-0.05, 0) is 12.2 Å². The molecule has 12 nitrogen and oxygen atoms in total. The van der Waals surface area contributed by atoms with E-state index in [0.29, 0.717) is 0 Å². The molecule has 0 aliphatic carbocycles. The summed E-state index contributed by atoms with van der Waals surface area (Å²) >= 11 is 0. The predicted molar refractivity (Wildman–Crippen MR) is 101 cm³/mol. The van der Waals surface area contributed by atoms with Gasteiger partial charge >= 0.3 is 15.6 Å². The Bertz CT molecular complexity index is 599. The second-order valence-electron chi connectivity index (χ2n) is 4.90. The molecule has 0 aliphatic rings. The Morgan fingerprint density at radius 2 is 1.25 bits per heavy atom. The van der Waals surface area contributed by atoms with E-state index in [1.54, 1.807) is 7.05 Å². The minimum absolute atomic E-state index is 0.0645. The lowest BCUT2D eigenvalue weighted by molar-refractivity contribution is -0.125. The van der Waals surface area contributed by atoms with E-state index in [-0.39, 0.29) is 38.1 Å². The molecule has 0 fully saturated rings. The van der Waals surface area contributed by atoms with Crippen LogP contribution in [-0.4, -0.2) is 86.0 Å². The summed E-state index contributed by atoms with van der Waals surface area (Å²) in [6, 6.07) is 0. The first-order valence-corrected chi connectivity index (χ1v) is 10.7. The van der Waals surface area contributed by atoms with Gasteiger partial charge in [0, 0.05) is 41.4 Å². The molecule has 0 radical (unpaired) electrons. The number of likely N-dealkylation sites (N-methyl/N-ethyl adjacent to an activating group) is 2. The lowest BCUT2D eigenvalue weighted by atomic mass is 10.5. The average Bonchev–Trinajstić information content (AvgIpc) is 2.65. The van der Waals surface area contributed by atoms with Gasteiger partial charge < -0.3 is 19.6 Å². The molecular weight excluding hydrogens is 418 g/mol. The molecule has 0 aromatic rings. The molecule has 0 atom stereocenters. The smallest absolute Gasteiger partial charge is 0.340 e. The average molecular weight is 446 g/mol. The quantitative estimate of drug-likeness (QED) is 0.325. The number of carbonyl (C=O) groups is 2. The van der Waals surface area contributed by atoms with E-state index in [4.69, 9.17) is 14.3 Å². The van der Waals surface area contributed by atoms with Gasteiger partial charge in [0.2, 0.25) is 11.8 Å². The van der Waals surface area contributed by atoms with Crippen molar-refractivity contribution in [3.05, 3.63) is 25.3 Å². The normalized spacial score (nSPS) is 11.1. The lowest BCUT2D eigenvalue weighted by Crippen LogP contribution is -2.28. The monoisotopic (exact) mass is 446 g/mol. The molecule has 14 heteroatoms. The van der Waals surface area contributed by atoms with Crippen LogP contribution in [0.1, 0.15) is 0 Å². The first-order chi connectivity index (χ1) is 12.9. The summed E-state index contributed by atoms with van der Waals surface area (Å²) in [5.74, 6) is -0.558. The molecular formula is C14H28N2O10P2. The molecule has 0 aromatic heterocycles. The Kier molecular flexibility index (Phi) is 15.1. The number of nitrogens with zero attached hydrogens (tertiary/aromatic N) is 2. The van der Waals surface area contributed by atoms with Gasteiger partial charge in [-0.1, -0.05) is 13.2 Å². The standard InChI is InChI=1S/C8H16NO5P.C6H12NO5P/c1-5-8(10)9(2)6-7-14-15(11,12-3)13-4;1-3-6(8)7(2)4-5-12-13(9,10)11/h5H,1,6-7H2,2-4H3;3H,1,4-5H2,2H3,(H2,9,10,11). The highest BCUT2D eigenvalue weighted by Gasteiger charge is 2.22. The van der Waals surface area contributed by atoms with E-state index in [9.17, 15) is 18.7 Å². The van der Waals surface area contributed by atoms with Gasteiger partial charge in [-0.15, -0.1) is 0 Å². The highest BCUT2D eigenvalue weighted by Crippen LogP contribution is 2.47. The number of hydrogen-bond acceptors (Lipinski definition) is 8. The SMILES string of the molecule is C=CC(=O)N(C)CCOP(=O)(O)O.C=CC(=O)N(C)CCOP(=O)(OC)OC. The van der Waals surface area contributed by atoms with E-state index >= 15 is 0 Å². The van der Waals surface area contributed by atoms with Crippen LogP contribution in [0.2, 0.25) is 0 Å². The number of phosphoric ester groups is 2. The van der Waals surface area contributed by atoms with Crippen molar-refractivity contribution in [1.29, 1.82) is 0 Å². The maximum absolute atomic E-state index is 11.4. The third kappa shape index (κ3) is 14.7. The van der Waals surface area contributed by atoms with Crippen molar-refractivity contribution in [2.45, 2.75) is 0 Å². The van der Waals surface area contributed by atoms with Crippen molar-refractivity contribution < 1.29 is 46.6 Å². The second-order valence-corrected chi connectivity index (χ2v) is 8.02. The maximum Gasteiger partial charge on any atom is 0.474 e. The van der Waals surface area contributed by atoms with E-state index in [2.05, 4.69) is 26.7 Å². The van der Waals surface area contributed by atoms with Crippen LogP contribution < -0.4 is 0 Å². The topological polar surface area (TPSA) is 152 Å². The molecule has 0 spiro atoms. The lowest BCUT2D eigenvalue weighted by Gasteiger charge is -2.17. The van der Waals surface area contributed by atoms with Crippen molar-refractivity contribution in [2.24, 2.45) is 0 Å². The molecule has 0 rings (SSSR count). The number of amides is 2. The minimum atomic E-state index is -4.42. The van der Waals surface area contributed by atoms with Crippen LogP contribution in [0.3, 0.4) is 0 Å². The molecule has 2 amide bonds. The van der Waals surface area contributed by atoms with Gasteiger partial charge in [0.15, 0.2) is 0 Å². The van der Waals surface area contributed by atoms with Crippen LogP contribution in [0.5, 0.6) is 0 Å². The molecule has 0 unspecified atom stereocenters. The first-order valence-electron chi connectivity index (χ1n) is 7.67. The van der Waals surface area contributed by atoms with Crippen molar-refractivity contribution in [1.82, 2.24) is 9.80 Å². The summed E-state index contributed by atoms with van der Waals surface area (Å²) in [5, 5.41) is 0. The molecule has 0 aromatic carbocycles. The molecule has 164 valence electrons. The fourth-order valence-electron chi connectivity index (χ4n) is 1.30. The summed E-state index contributed by atoms with van der Waals surface area (Å²) in [7, 11) is -2.35. The van der Waals surface area contributed by atoms with E-state index in [0.717, 1.165) is 6.08 Å². The van der Waals surface area contributed by atoms with Gasteiger partial charge in [-0.3, -0.25) is 27.7 Å². The molecule has 2 N–H and O–H groups in total. The van der Waals surface area contributed by atoms with Crippen LogP contribution in [0.4, 0.5) is 0 Å². The van der Waals surface area contributed by atoms with Crippen LogP contribution in [-0.2, 0) is 36.8 Å². The molecule has 0 aliphatic heterocycles. The summed E-state index contributed by atoms with van der Waals surface area (Å²) in [4.78, 5) is 41.1. The van der Waals surface area contributed by atoms with Crippen LogP contribution in [0.25, 0.3) is 0 Å². The number of hydrogen-bond donors (Lipinski definition) is 2.